The van der Waals surface area contributed by atoms with Crippen molar-refractivity contribution in [2.75, 3.05) is 12.3 Å². The number of rotatable bonds is 4. The monoisotopic (exact) mass is 323 g/mol. The van der Waals surface area contributed by atoms with Crippen LogP contribution in [0.15, 0.2) is 48.7 Å². The molecule has 5 nitrogen and oxygen atoms in total. The topological polar surface area (TPSA) is 77.2 Å². The van der Waals surface area contributed by atoms with Crippen molar-refractivity contribution in [1.29, 1.82) is 0 Å². The van der Waals surface area contributed by atoms with Gasteiger partial charge in [-0.25, -0.2) is 4.98 Å². The average molecular weight is 323 g/mol. The van der Waals surface area contributed by atoms with Crippen molar-refractivity contribution in [3.8, 4) is 0 Å². The Morgan fingerprint density at radius 1 is 1.25 bits per heavy atom. The van der Waals surface area contributed by atoms with Crippen LogP contribution in [0.3, 0.4) is 0 Å². The molecule has 1 saturated heterocycles. The zero-order valence-electron chi connectivity index (χ0n) is 13.4. The number of carbonyl (C=O) groups is 1. The van der Waals surface area contributed by atoms with Crippen LogP contribution in [0.1, 0.15) is 22.3 Å². The van der Waals surface area contributed by atoms with Gasteiger partial charge in [0.25, 0.3) is 5.91 Å². The molecule has 1 aromatic heterocycles. The van der Waals surface area contributed by atoms with Crippen LogP contribution < -0.4 is 11.1 Å². The zero-order chi connectivity index (χ0) is 16.5. The van der Waals surface area contributed by atoms with E-state index >= 15 is 0 Å². The maximum absolute atomic E-state index is 12.5. The number of benzene rings is 1. The van der Waals surface area contributed by atoms with Crippen LogP contribution in [-0.2, 0) is 11.2 Å². The molecule has 5 heteroatoms. The molecule has 124 valence electrons. The number of nitrogen functional groups attached to an aromatic ring is 1. The Morgan fingerprint density at radius 2 is 2.08 bits per heavy atom. The summed E-state index contributed by atoms with van der Waals surface area (Å²) in [5.41, 5.74) is 7.41. The van der Waals surface area contributed by atoms with Crippen LogP contribution in [0.2, 0.25) is 0 Å². The van der Waals surface area contributed by atoms with Crippen LogP contribution in [0, 0.1) is 11.8 Å². The van der Waals surface area contributed by atoms with Gasteiger partial charge in [0.15, 0.2) is 0 Å². The number of nitrogens with two attached hydrogens (primary N) is 1. The molecule has 0 spiro atoms. The molecule has 1 aliphatic heterocycles. The molecule has 1 aromatic carbocycles. The molecule has 2 heterocycles. The van der Waals surface area contributed by atoms with Gasteiger partial charge in [-0.2, -0.15) is 0 Å². The van der Waals surface area contributed by atoms with Crippen LogP contribution in [-0.4, -0.2) is 29.6 Å². The molecule has 2 aromatic rings. The molecule has 3 N–H and O–H groups in total. The summed E-state index contributed by atoms with van der Waals surface area (Å²) in [7, 11) is 0. The molecule has 4 atom stereocenters. The lowest BCUT2D eigenvalue weighted by Crippen LogP contribution is -2.62. The van der Waals surface area contributed by atoms with E-state index < -0.39 is 0 Å². The Kier molecular flexibility index (Phi) is 3.94. The molecule has 0 radical (unpaired) electrons. The quantitative estimate of drug-likeness (QED) is 0.903. The number of pyridine rings is 1. The Labute approximate surface area is 141 Å². The molecule has 24 heavy (non-hydrogen) atoms. The Bertz CT molecular complexity index is 717. The first-order chi connectivity index (χ1) is 11.7. The summed E-state index contributed by atoms with van der Waals surface area (Å²) < 4.78 is 5.89. The van der Waals surface area contributed by atoms with Gasteiger partial charge in [0.05, 0.1) is 11.7 Å². The molecule has 1 saturated carbocycles. The standard InChI is InChI=1S/C19H21N3O2/c20-16-7-6-13(11-21-16)19(23)22-17-14-8-9-24-18(14)15(17)10-12-4-2-1-3-5-12/h1-7,11,14-15,17-18H,8-10H2,(H2,20,21)(H,22,23)/t14-,15+,17-,18-/m0/s1. The normalized spacial score (nSPS) is 28.0. The highest BCUT2D eigenvalue weighted by atomic mass is 16.5. The summed E-state index contributed by atoms with van der Waals surface area (Å²) in [6.45, 7) is 0.788. The van der Waals surface area contributed by atoms with E-state index in [0.29, 0.717) is 23.2 Å². The van der Waals surface area contributed by atoms with Gasteiger partial charge in [0.2, 0.25) is 0 Å². The van der Waals surface area contributed by atoms with E-state index in [1.54, 1.807) is 12.1 Å². The van der Waals surface area contributed by atoms with Crippen LogP contribution >= 0.6 is 0 Å². The fraction of sp³-hybridized carbons (Fsp3) is 0.368. The molecule has 2 fully saturated rings. The second-order valence-electron chi connectivity index (χ2n) is 6.61. The number of hydrogen-bond donors (Lipinski definition) is 2. The van der Waals surface area contributed by atoms with Gasteiger partial charge in [-0.15, -0.1) is 0 Å². The van der Waals surface area contributed by atoms with Gasteiger partial charge in [0.1, 0.15) is 5.82 Å². The zero-order valence-corrected chi connectivity index (χ0v) is 13.4. The Hall–Kier alpha value is -2.40. The number of amides is 1. The predicted molar refractivity (Wildman–Crippen MR) is 91.4 cm³/mol. The molecule has 4 rings (SSSR count). The minimum absolute atomic E-state index is 0.0871. The number of fused-ring (bicyclic) bond motifs is 1. The third-order valence-corrected chi connectivity index (χ3v) is 5.19. The lowest BCUT2D eigenvalue weighted by atomic mass is 9.64. The summed E-state index contributed by atoms with van der Waals surface area (Å²) in [5, 5.41) is 3.19. The molecule has 1 amide bonds. The van der Waals surface area contributed by atoms with Crippen molar-refractivity contribution in [2.24, 2.45) is 11.8 Å². The van der Waals surface area contributed by atoms with Gasteiger partial charge in [-0.3, -0.25) is 4.79 Å². The lowest BCUT2D eigenvalue weighted by molar-refractivity contribution is -0.0528. The lowest BCUT2D eigenvalue weighted by Gasteiger charge is -2.48. The van der Waals surface area contributed by atoms with Crippen LogP contribution in [0.5, 0.6) is 0 Å². The molecule has 0 unspecified atom stereocenters. The van der Waals surface area contributed by atoms with E-state index in [4.69, 9.17) is 10.5 Å². The molecule has 2 aliphatic rings. The predicted octanol–water partition coefficient (Wildman–Crippen LogP) is 2.04. The summed E-state index contributed by atoms with van der Waals surface area (Å²) in [5.74, 6) is 1.08. The second-order valence-corrected chi connectivity index (χ2v) is 6.61. The smallest absolute Gasteiger partial charge is 0.253 e. The molecular weight excluding hydrogens is 302 g/mol. The highest BCUT2D eigenvalue weighted by Crippen LogP contribution is 2.45. The summed E-state index contributed by atoms with van der Waals surface area (Å²) in [4.78, 5) is 16.5. The SMILES string of the molecule is Nc1ccc(C(=O)N[C@@H]2[C@@H](Cc3ccccc3)[C@H]3OCC[C@@H]23)cn1. The molecule has 1 aliphatic carbocycles. The van der Waals surface area contributed by atoms with Gasteiger partial charge >= 0.3 is 0 Å². The van der Waals surface area contributed by atoms with Gasteiger partial charge in [-0.1, -0.05) is 30.3 Å². The van der Waals surface area contributed by atoms with Crippen molar-refractivity contribution >= 4 is 11.7 Å². The number of anilines is 1. The minimum Gasteiger partial charge on any atom is -0.384 e. The van der Waals surface area contributed by atoms with E-state index in [-0.39, 0.29) is 18.1 Å². The molecular formula is C19H21N3O2. The van der Waals surface area contributed by atoms with Crippen molar-refractivity contribution in [1.82, 2.24) is 10.3 Å². The van der Waals surface area contributed by atoms with Crippen LogP contribution in [0.4, 0.5) is 5.82 Å². The van der Waals surface area contributed by atoms with Crippen molar-refractivity contribution in [3.05, 3.63) is 59.8 Å². The third-order valence-electron chi connectivity index (χ3n) is 5.19. The fourth-order valence-electron chi connectivity index (χ4n) is 3.95. The van der Waals surface area contributed by atoms with Crippen LogP contribution in [0.25, 0.3) is 0 Å². The van der Waals surface area contributed by atoms with Gasteiger partial charge in [-0.05, 0) is 30.5 Å². The van der Waals surface area contributed by atoms with E-state index in [2.05, 4.69) is 34.6 Å². The largest absolute Gasteiger partial charge is 0.384 e. The summed E-state index contributed by atoms with van der Waals surface area (Å²) in [6, 6.07) is 13.9. The fourth-order valence-corrected chi connectivity index (χ4v) is 3.95. The number of ether oxygens (including phenoxy) is 1. The number of nitrogens with zero attached hydrogens (tertiary/aromatic N) is 1. The van der Waals surface area contributed by atoms with E-state index in [1.807, 2.05) is 6.07 Å². The second kappa shape index (κ2) is 6.24. The Balaban J connectivity index is 1.47. The average Bonchev–Trinajstić information content (AvgIpc) is 3.03. The van der Waals surface area contributed by atoms with Crippen molar-refractivity contribution < 1.29 is 9.53 Å². The summed E-state index contributed by atoms with van der Waals surface area (Å²) >= 11 is 0. The highest BCUT2D eigenvalue weighted by Gasteiger charge is 2.54. The van der Waals surface area contributed by atoms with Gasteiger partial charge in [0, 0.05) is 30.7 Å². The molecule has 0 bridgehead atoms. The van der Waals surface area contributed by atoms with Crippen molar-refractivity contribution in [3.63, 3.8) is 0 Å². The Morgan fingerprint density at radius 3 is 2.83 bits per heavy atom. The number of aromatic nitrogens is 1. The third kappa shape index (κ3) is 2.76. The maximum Gasteiger partial charge on any atom is 0.253 e. The van der Waals surface area contributed by atoms with Crippen molar-refractivity contribution in [2.45, 2.75) is 25.0 Å². The summed E-state index contributed by atoms with van der Waals surface area (Å²) in [6.07, 6.45) is 3.73. The number of carbonyl (C=O) groups excluding carboxylic acids is 1. The maximum atomic E-state index is 12.5. The van der Waals surface area contributed by atoms with Gasteiger partial charge < -0.3 is 15.8 Å². The highest BCUT2D eigenvalue weighted by molar-refractivity contribution is 5.94. The first-order valence-corrected chi connectivity index (χ1v) is 8.40. The minimum atomic E-state index is -0.0871. The van der Waals surface area contributed by atoms with E-state index in [1.165, 1.54) is 11.8 Å². The number of nitrogens with one attached hydrogen (secondary N) is 1. The van der Waals surface area contributed by atoms with E-state index in [0.717, 1.165) is 19.4 Å². The number of hydrogen-bond acceptors (Lipinski definition) is 4. The first kappa shape index (κ1) is 15.1. The first-order valence-electron chi connectivity index (χ1n) is 8.40. The van der Waals surface area contributed by atoms with E-state index in [9.17, 15) is 4.79 Å².